The van der Waals surface area contributed by atoms with Crippen LogP contribution in [0.1, 0.15) is 244 Å². The summed E-state index contributed by atoms with van der Waals surface area (Å²) < 4.78 is 3.37. The Morgan fingerprint density at radius 3 is 0.746 bits per heavy atom. The lowest BCUT2D eigenvalue weighted by Crippen LogP contribution is -2.35. The minimum atomic E-state index is -1.79. The van der Waals surface area contributed by atoms with Crippen molar-refractivity contribution in [3.63, 3.8) is 0 Å². The lowest BCUT2D eigenvalue weighted by molar-refractivity contribution is -0.870. The van der Waals surface area contributed by atoms with Gasteiger partial charge in [0.1, 0.15) is 0 Å². The van der Waals surface area contributed by atoms with Gasteiger partial charge in [0.25, 0.3) is 0 Å². The Balaban J connectivity index is -0.000000762. The molecule has 0 heterocycles. The fourth-order valence-corrected chi connectivity index (χ4v) is 7.24. The van der Waals surface area contributed by atoms with E-state index in [9.17, 15) is 29.7 Å². The average Bonchev–Trinajstić information content (AvgIpc) is 3.19. The highest BCUT2D eigenvalue weighted by molar-refractivity contribution is 6.02. The summed E-state index contributed by atoms with van der Waals surface area (Å²) in [5.74, 6) is -5.13. The lowest BCUT2D eigenvalue weighted by Gasteiger charge is -2.23. The summed E-state index contributed by atoms with van der Waals surface area (Å²) in [5, 5.41) is 31.3. The largest absolute Gasteiger partial charge is 0.545 e. The molecule has 0 aliphatic rings. The second-order valence-electron chi connectivity index (χ2n) is 21.2. The monoisotopic (exact) mass is 892 g/mol. The Bertz CT molecular complexity index is 1130. The van der Waals surface area contributed by atoms with Gasteiger partial charge < -0.3 is 43.2 Å². The second kappa shape index (κ2) is 42.2. The van der Waals surface area contributed by atoms with Crippen LogP contribution in [0.5, 0.6) is 0 Å². The summed E-state index contributed by atoms with van der Waals surface area (Å²) in [6.07, 6.45) is 43.2. The molecule has 0 radical (unpaired) electrons. The van der Waals surface area contributed by atoms with Crippen molar-refractivity contribution in [1.29, 1.82) is 0 Å². The Kier molecular flexibility index (Phi) is 43.4. The third kappa shape index (κ3) is 52.0. The molecule has 0 aliphatic carbocycles. The van der Waals surface area contributed by atoms with E-state index in [0.29, 0.717) is 6.07 Å². The van der Waals surface area contributed by atoms with E-state index >= 15 is 0 Å². The predicted molar refractivity (Wildman–Crippen MR) is 264 cm³/mol. The highest BCUT2D eigenvalue weighted by Crippen LogP contribution is 2.14. The van der Waals surface area contributed by atoms with Gasteiger partial charge >= 0.3 is 0 Å². The van der Waals surface area contributed by atoms with Crippen LogP contribution in [0.3, 0.4) is 0 Å². The van der Waals surface area contributed by atoms with Gasteiger partial charge in [-0.3, -0.25) is 0 Å². The quantitative estimate of drug-likeness (QED) is 0.0489. The Morgan fingerprint density at radius 1 is 0.333 bits per heavy atom. The lowest BCUT2D eigenvalue weighted by atomic mass is 10.0. The average molecular weight is 892 g/mol. The number of nitrogens with zero attached hydrogens (tertiary/aromatic N) is 3. The van der Waals surface area contributed by atoms with Crippen LogP contribution in [0.15, 0.2) is 18.2 Å². The van der Waals surface area contributed by atoms with Gasteiger partial charge in [-0.25, -0.2) is 0 Å². The van der Waals surface area contributed by atoms with Gasteiger partial charge in [-0.1, -0.05) is 187 Å². The number of rotatable bonds is 36. The number of carbonyl (C=O) groups excluding carboxylic acids is 3. The maximum absolute atomic E-state index is 10.5. The second-order valence-corrected chi connectivity index (χ2v) is 21.2. The number of carbonyl (C=O) groups is 3. The van der Waals surface area contributed by atoms with Gasteiger partial charge in [-0.15, -0.1) is 0 Å². The van der Waals surface area contributed by atoms with E-state index in [0.717, 1.165) is 25.6 Å². The molecule has 0 N–H and O–H groups in total. The molecule has 1 aromatic rings. The van der Waals surface area contributed by atoms with Crippen LogP contribution in [0.25, 0.3) is 0 Å². The third-order valence-corrected chi connectivity index (χ3v) is 11.2. The molecule has 1 rings (SSSR count). The van der Waals surface area contributed by atoms with E-state index in [2.05, 4.69) is 84.2 Å². The first-order valence-electron chi connectivity index (χ1n) is 25.8. The number of hydrogen-bond acceptors (Lipinski definition) is 6. The van der Waals surface area contributed by atoms with Crippen molar-refractivity contribution in [3.05, 3.63) is 34.9 Å². The van der Waals surface area contributed by atoms with Gasteiger partial charge in [-0.2, -0.15) is 0 Å². The maximum Gasteiger partial charge on any atom is 0.0780 e. The summed E-state index contributed by atoms with van der Waals surface area (Å²) in [6.45, 7) is 10.8. The number of unbranched alkanes of at least 4 members (excludes halogenated alkanes) is 27. The van der Waals surface area contributed by atoms with Gasteiger partial charge in [0.2, 0.25) is 0 Å². The van der Waals surface area contributed by atoms with Gasteiger partial charge in [0, 0.05) is 11.1 Å². The number of hydrogen-bond donors (Lipinski definition) is 0. The minimum Gasteiger partial charge on any atom is -0.545 e. The van der Waals surface area contributed by atoms with Gasteiger partial charge in [0.15, 0.2) is 0 Å². The van der Waals surface area contributed by atoms with Crippen molar-refractivity contribution >= 4 is 17.9 Å². The van der Waals surface area contributed by atoms with Gasteiger partial charge in [0.05, 0.1) is 101 Å². The summed E-state index contributed by atoms with van der Waals surface area (Å²) in [5.41, 5.74) is -1.84. The number of carboxylic acid groups (broad SMARTS) is 3. The number of carboxylic acids is 3. The Labute approximate surface area is 391 Å². The molecule has 0 aliphatic heterocycles. The van der Waals surface area contributed by atoms with Crippen LogP contribution in [-0.2, 0) is 0 Å². The van der Waals surface area contributed by atoms with Crippen molar-refractivity contribution in [2.45, 2.75) is 213 Å². The molecule has 0 aromatic heterocycles. The molecular formula is C54H105N3O6. The van der Waals surface area contributed by atoms with Crippen molar-refractivity contribution in [2.75, 3.05) is 83.1 Å². The standard InChI is InChI=1S/3C15H34N.C9H6O6/c3*1-5-6-7-8-9-10-11-12-13-14-15-16(2,3)4;10-7(11)4-1-2-5(8(12)13)6(3-4)9(14)15/h3*5-15H2,1-4H3;1-3H,(H,10,11)(H,12,13)(H,14,15)/q3*+1;/p-3. The molecule has 0 spiro atoms. The molecule has 1 aromatic carbocycles. The van der Waals surface area contributed by atoms with Crippen LogP contribution >= 0.6 is 0 Å². The molecule has 0 saturated carbocycles. The van der Waals surface area contributed by atoms with Crippen LogP contribution < -0.4 is 15.3 Å². The van der Waals surface area contributed by atoms with Crippen LogP contribution in [0.4, 0.5) is 0 Å². The first-order valence-corrected chi connectivity index (χ1v) is 25.8. The van der Waals surface area contributed by atoms with E-state index < -0.39 is 34.6 Å². The normalized spacial score (nSPS) is 11.4. The summed E-state index contributed by atoms with van der Waals surface area (Å²) in [6, 6.07) is 2.37. The molecule has 9 nitrogen and oxygen atoms in total. The Hall–Kier alpha value is -2.49. The predicted octanol–water partition coefficient (Wildman–Crippen LogP) is 10.6. The molecule has 0 atom stereocenters. The number of benzene rings is 1. The topological polar surface area (TPSA) is 120 Å². The molecule has 0 unspecified atom stereocenters. The zero-order valence-electron chi connectivity index (χ0n) is 43.9. The number of aromatic carboxylic acids is 3. The molecule has 0 bridgehead atoms. The van der Waals surface area contributed by atoms with Gasteiger partial charge in [-0.05, 0) is 50.2 Å². The van der Waals surface area contributed by atoms with E-state index in [-0.39, 0.29) is 0 Å². The molecule has 0 saturated heterocycles. The summed E-state index contributed by atoms with van der Waals surface area (Å²) in [4.78, 5) is 31.3. The molecule has 372 valence electrons. The molecule has 63 heavy (non-hydrogen) atoms. The Morgan fingerprint density at radius 2 is 0.556 bits per heavy atom. The molecular weight excluding hydrogens is 787 g/mol. The molecule has 9 heteroatoms. The minimum absolute atomic E-state index is 0.445. The van der Waals surface area contributed by atoms with E-state index in [1.54, 1.807) is 0 Å². The van der Waals surface area contributed by atoms with Crippen molar-refractivity contribution in [3.8, 4) is 0 Å². The number of quaternary nitrogens is 3. The van der Waals surface area contributed by atoms with Crippen LogP contribution in [-0.4, -0.2) is 114 Å². The zero-order chi connectivity index (χ0) is 48.4. The summed E-state index contributed by atoms with van der Waals surface area (Å²) in [7, 11) is 20.6. The highest BCUT2D eigenvalue weighted by atomic mass is 16.4. The van der Waals surface area contributed by atoms with E-state index in [1.807, 2.05) is 0 Å². The van der Waals surface area contributed by atoms with E-state index in [4.69, 9.17) is 0 Å². The third-order valence-electron chi connectivity index (χ3n) is 11.2. The van der Waals surface area contributed by atoms with Crippen molar-refractivity contribution in [1.82, 2.24) is 0 Å². The SMILES string of the molecule is CCCCCCCCCCCC[N+](C)(C)C.CCCCCCCCCCCC[N+](C)(C)C.CCCCCCCCCCCC[N+](C)(C)C.O=C([O-])c1ccc(C(=O)[O-])c(C(=O)[O-])c1. The van der Waals surface area contributed by atoms with Crippen molar-refractivity contribution in [2.24, 2.45) is 0 Å². The highest BCUT2D eigenvalue weighted by Gasteiger charge is 2.08. The van der Waals surface area contributed by atoms with E-state index in [1.165, 1.54) is 212 Å². The zero-order valence-corrected chi connectivity index (χ0v) is 43.9. The smallest absolute Gasteiger partial charge is 0.0780 e. The summed E-state index contributed by atoms with van der Waals surface area (Å²) >= 11 is 0. The van der Waals surface area contributed by atoms with Crippen LogP contribution in [0.2, 0.25) is 0 Å². The fourth-order valence-electron chi connectivity index (χ4n) is 7.24. The van der Waals surface area contributed by atoms with Crippen LogP contribution in [0, 0.1) is 0 Å². The first kappa shape index (κ1) is 64.8. The molecule has 0 fully saturated rings. The fraction of sp³-hybridized carbons (Fsp3) is 0.833. The molecule has 0 amide bonds. The first-order chi connectivity index (χ1) is 29.6. The van der Waals surface area contributed by atoms with Crippen molar-refractivity contribution < 1.29 is 43.2 Å². The maximum atomic E-state index is 10.5.